The van der Waals surface area contributed by atoms with E-state index in [0.29, 0.717) is 18.7 Å². The van der Waals surface area contributed by atoms with Gasteiger partial charge in [0.25, 0.3) is 0 Å². The van der Waals surface area contributed by atoms with Gasteiger partial charge in [0.1, 0.15) is 5.75 Å². The molecule has 0 aromatic heterocycles. The number of rotatable bonds is 8. The van der Waals surface area contributed by atoms with Crippen molar-refractivity contribution in [3.63, 3.8) is 0 Å². The van der Waals surface area contributed by atoms with Crippen molar-refractivity contribution in [1.82, 2.24) is 5.32 Å². The number of hydrogen-bond acceptors (Lipinski definition) is 3. The van der Waals surface area contributed by atoms with Gasteiger partial charge in [-0.05, 0) is 44.0 Å². The summed E-state index contributed by atoms with van der Waals surface area (Å²) in [6.07, 6.45) is 1.53. The molecule has 1 rings (SSSR count). The lowest BCUT2D eigenvalue weighted by Gasteiger charge is -2.13. The lowest BCUT2D eigenvalue weighted by molar-refractivity contribution is -0.137. The number of nitrogens with one attached hydrogen (secondary N) is 2. The third-order valence-corrected chi connectivity index (χ3v) is 2.88. The van der Waals surface area contributed by atoms with Crippen LogP contribution in [0.25, 0.3) is 0 Å². The Balaban J connectivity index is 2.34. The maximum absolute atomic E-state index is 11.6. The molecule has 0 aliphatic rings. The van der Waals surface area contributed by atoms with Gasteiger partial charge in [-0.15, -0.1) is 0 Å². The van der Waals surface area contributed by atoms with Gasteiger partial charge >= 0.3 is 12.0 Å². The fourth-order valence-corrected chi connectivity index (χ4v) is 1.55. The molecule has 21 heavy (non-hydrogen) atoms. The molecule has 1 aromatic carbocycles. The van der Waals surface area contributed by atoms with E-state index in [4.69, 9.17) is 9.84 Å². The number of benzene rings is 1. The van der Waals surface area contributed by atoms with Gasteiger partial charge in [0.05, 0.1) is 6.10 Å². The van der Waals surface area contributed by atoms with E-state index < -0.39 is 5.97 Å². The molecule has 0 radical (unpaired) electrons. The van der Waals surface area contributed by atoms with E-state index in [1.54, 1.807) is 24.3 Å². The summed E-state index contributed by atoms with van der Waals surface area (Å²) in [7, 11) is 0. The van der Waals surface area contributed by atoms with Crippen molar-refractivity contribution in [2.75, 3.05) is 11.9 Å². The first kappa shape index (κ1) is 16.8. The van der Waals surface area contributed by atoms with Crippen molar-refractivity contribution in [2.24, 2.45) is 0 Å². The third kappa shape index (κ3) is 7.20. The van der Waals surface area contributed by atoms with Crippen LogP contribution < -0.4 is 15.4 Å². The molecule has 1 unspecified atom stereocenters. The van der Waals surface area contributed by atoms with Gasteiger partial charge in [0.15, 0.2) is 0 Å². The average Bonchev–Trinajstić information content (AvgIpc) is 2.45. The van der Waals surface area contributed by atoms with Gasteiger partial charge in [-0.1, -0.05) is 6.92 Å². The average molecular weight is 294 g/mol. The minimum absolute atomic E-state index is 0.0436. The molecule has 0 fully saturated rings. The van der Waals surface area contributed by atoms with Crippen LogP contribution in [0.15, 0.2) is 24.3 Å². The first-order valence-corrected chi connectivity index (χ1v) is 7.04. The number of carbonyl (C=O) groups excluding carboxylic acids is 1. The quantitative estimate of drug-likeness (QED) is 0.643. The van der Waals surface area contributed by atoms with Crippen LogP contribution in [0.5, 0.6) is 5.75 Å². The van der Waals surface area contributed by atoms with Gasteiger partial charge in [-0.3, -0.25) is 4.79 Å². The topological polar surface area (TPSA) is 87.7 Å². The lowest BCUT2D eigenvalue weighted by Crippen LogP contribution is -2.29. The Morgan fingerprint density at radius 2 is 1.95 bits per heavy atom. The highest BCUT2D eigenvalue weighted by atomic mass is 16.5. The Hall–Kier alpha value is -2.24. The van der Waals surface area contributed by atoms with Gasteiger partial charge in [-0.2, -0.15) is 0 Å². The molecule has 0 aliphatic heterocycles. The fourth-order valence-electron chi connectivity index (χ4n) is 1.55. The van der Waals surface area contributed by atoms with Crippen molar-refractivity contribution in [1.29, 1.82) is 0 Å². The van der Waals surface area contributed by atoms with Crippen LogP contribution in [0.4, 0.5) is 10.5 Å². The van der Waals surface area contributed by atoms with Crippen molar-refractivity contribution in [2.45, 2.75) is 39.2 Å². The number of carboxylic acid groups (broad SMARTS) is 1. The van der Waals surface area contributed by atoms with Crippen LogP contribution in [0, 0.1) is 0 Å². The Morgan fingerprint density at radius 1 is 1.29 bits per heavy atom. The highest BCUT2D eigenvalue weighted by molar-refractivity contribution is 5.89. The minimum atomic E-state index is -0.867. The first-order chi connectivity index (χ1) is 10.0. The fraction of sp³-hybridized carbons (Fsp3) is 0.467. The number of amides is 2. The van der Waals surface area contributed by atoms with E-state index in [1.807, 2.05) is 6.92 Å². The summed E-state index contributed by atoms with van der Waals surface area (Å²) >= 11 is 0. The lowest BCUT2D eigenvalue weighted by atomic mass is 10.3. The maximum Gasteiger partial charge on any atom is 0.319 e. The Morgan fingerprint density at radius 3 is 2.52 bits per heavy atom. The van der Waals surface area contributed by atoms with Crippen molar-refractivity contribution >= 4 is 17.7 Å². The van der Waals surface area contributed by atoms with Crippen LogP contribution in [0.2, 0.25) is 0 Å². The van der Waals surface area contributed by atoms with E-state index >= 15 is 0 Å². The summed E-state index contributed by atoms with van der Waals surface area (Å²) in [5.74, 6) is -0.106. The zero-order chi connectivity index (χ0) is 15.7. The van der Waals surface area contributed by atoms with Crippen LogP contribution in [0.3, 0.4) is 0 Å². The first-order valence-electron chi connectivity index (χ1n) is 7.04. The molecule has 0 spiro atoms. The number of anilines is 1. The molecular weight excluding hydrogens is 272 g/mol. The number of urea groups is 1. The van der Waals surface area contributed by atoms with Crippen molar-refractivity contribution in [3.05, 3.63) is 24.3 Å². The summed E-state index contributed by atoms with van der Waals surface area (Å²) < 4.78 is 5.64. The molecule has 116 valence electrons. The van der Waals surface area contributed by atoms with E-state index in [1.165, 1.54) is 0 Å². The van der Waals surface area contributed by atoms with Crippen LogP contribution in [0.1, 0.15) is 33.1 Å². The molecule has 0 aliphatic carbocycles. The standard InChI is InChI=1S/C15H22N2O4/c1-3-11(2)21-13-8-6-12(7-9-13)17-15(20)16-10-4-5-14(18)19/h6-9,11H,3-5,10H2,1-2H3,(H,18,19)(H2,16,17,20). The Kier molecular flexibility index (Phi) is 7.08. The van der Waals surface area contributed by atoms with Gasteiger partial charge in [-0.25, -0.2) is 4.79 Å². The third-order valence-electron chi connectivity index (χ3n) is 2.88. The SMILES string of the molecule is CCC(C)Oc1ccc(NC(=O)NCCCC(=O)O)cc1. The highest BCUT2D eigenvalue weighted by Crippen LogP contribution is 2.17. The van der Waals surface area contributed by atoms with E-state index in [0.717, 1.165) is 12.2 Å². The molecule has 0 saturated heterocycles. The second kappa shape index (κ2) is 8.84. The second-order valence-electron chi connectivity index (χ2n) is 4.74. The van der Waals surface area contributed by atoms with Crippen LogP contribution >= 0.6 is 0 Å². The van der Waals surface area contributed by atoms with E-state index in [-0.39, 0.29) is 18.6 Å². The second-order valence-corrected chi connectivity index (χ2v) is 4.74. The summed E-state index contributed by atoms with van der Waals surface area (Å²) in [6, 6.07) is 6.76. The molecule has 6 heteroatoms. The predicted octanol–water partition coefficient (Wildman–Crippen LogP) is 2.85. The minimum Gasteiger partial charge on any atom is -0.491 e. The predicted molar refractivity (Wildman–Crippen MR) is 80.7 cm³/mol. The number of carbonyl (C=O) groups is 2. The Bertz CT molecular complexity index is 459. The zero-order valence-corrected chi connectivity index (χ0v) is 12.4. The molecule has 0 heterocycles. The Labute approximate surface area is 124 Å². The normalized spacial score (nSPS) is 11.5. The van der Waals surface area contributed by atoms with E-state index in [2.05, 4.69) is 17.6 Å². The summed E-state index contributed by atoms with van der Waals surface area (Å²) in [4.78, 5) is 21.9. The van der Waals surface area contributed by atoms with Crippen LogP contribution in [-0.4, -0.2) is 29.8 Å². The van der Waals surface area contributed by atoms with Gasteiger partial charge in [0.2, 0.25) is 0 Å². The molecule has 1 aromatic rings. The molecule has 6 nitrogen and oxygen atoms in total. The monoisotopic (exact) mass is 294 g/mol. The highest BCUT2D eigenvalue weighted by Gasteiger charge is 2.04. The van der Waals surface area contributed by atoms with Crippen LogP contribution in [-0.2, 0) is 4.79 Å². The maximum atomic E-state index is 11.6. The largest absolute Gasteiger partial charge is 0.491 e. The molecule has 3 N–H and O–H groups in total. The number of ether oxygens (including phenoxy) is 1. The molecule has 0 bridgehead atoms. The molecule has 0 saturated carbocycles. The molecule has 1 atom stereocenters. The molecule has 2 amide bonds. The van der Waals surface area contributed by atoms with Gasteiger partial charge < -0.3 is 20.5 Å². The number of aliphatic carboxylic acids is 1. The summed E-state index contributed by atoms with van der Waals surface area (Å²) in [5.41, 5.74) is 0.655. The number of hydrogen-bond donors (Lipinski definition) is 3. The zero-order valence-electron chi connectivity index (χ0n) is 12.4. The smallest absolute Gasteiger partial charge is 0.319 e. The molecular formula is C15H22N2O4. The van der Waals surface area contributed by atoms with Crippen molar-refractivity contribution in [3.8, 4) is 5.75 Å². The van der Waals surface area contributed by atoms with Crippen molar-refractivity contribution < 1.29 is 19.4 Å². The summed E-state index contributed by atoms with van der Waals surface area (Å²) in [6.45, 7) is 4.37. The van der Waals surface area contributed by atoms with Gasteiger partial charge in [0, 0.05) is 18.7 Å². The van der Waals surface area contributed by atoms with E-state index in [9.17, 15) is 9.59 Å². The summed E-state index contributed by atoms with van der Waals surface area (Å²) in [5, 5.41) is 13.7. The number of carboxylic acids is 1.